The minimum absolute atomic E-state index is 0.0810. The Morgan fingerprint density at radius 3 is 3.08 bits per heavy atom. The van der Waals surface area contributed by atoms with Gasteiger partial charge in [0.15, 0.2) is 0 Å². The van der Waals surface area contributed by atoms with E-state index >= 15 is 0 Å². The molecular formula is C10H10N2O. The number of fused-ring (bicyclic) bond motifs is 1. The maximum atomic E-state index is 11.0. The van der Waals surface area contributed by atoms with Gasteiger partial charge in [-0.2, -0.15) is 0 Å². The number of rotatable bonds is 1. The minimum atomic E-state index is -0.0810. The van der Waals surface area contributed by atoms with Crippen molar-refractivity contribution in [2.24, 2.45) is 0 Å². The molecular weight excluding hydrogens is 164 g/mol. The molecule has 3 nitrogen and oxygen atoms in total. The fourth-order valence-corrected chi connectivity index (χ4v) is 1.27. The Morgan fingerprint density at radius 1 is 1.46 bits per heavy atom. The van der Waals surface area contributed by atoms with Gasteiger partial charge < -0.3 is 4.98 Å². The fourth-order valence-electron chi connectivity index (χ4n) is 1.27. The maximum Gasteiger partial charge on any atom is 0.248 e. The molecule has 0 amide bonds. The van der Waals surface area contributed by atoms with Crippen LogP contribution in [0.3, 0.4) is 0 Å². The summed E-state index contributed by atoms with van der Waals surface area (Å²) < 4.78 is 0. The molecule has 3 heteroatoms. The molecule has 0 unspecified atom stereocenters. The van der Waals surface area contributed by atoms with E-state index < -0.39 is 0 Å². The average Bonchev–Trinajstić information content (AvgIpc) is 2.16. The Bertz CT molecular complexity index is 487. The maximum absolute atomic E-state index is 11.0. The van der Waals surface area contributed by atoms with Crippen LogP contribution in [0.15, 0.2) is 29.2 Å². The molecule has 0 bridgehead atoms. The smallest absolute Gasteiger partial charge is 0.248 e. The minimum Gasteiger partial charge on any atom is -0.321 e. The highest BCUT2D eigenvalue weighted by molar-refractivity contribution is 5.73. The predicted octanol–water partition coefficient (Wildman–Crippen LogP) is 1.49. The summed E-state index contributed by atoms with van der Waals surface area (Å²) in [5.41, 5.74) is 2.69. The number of nitrogens with one attached hydrogen (secondary N) is 1. The molecule has 0 saturated heterocycles. The van der Waals surface area contributed by atoms with Gasteiger partial charge in [-0.1, -0.05) is 6.92 Å². The number of pyridine rings is 2. The first-order valence-corrected chi connectivity index (χ1v) is 4.27. The van der Waals surface area contributed by atoms with Crippen LogP contribution in [0, 0.1) is 0 Å². The van der Waals surface area contributed by atoms with Crippen molar-refractivity contribution in [2.75, 3.05) is 0 Å². The normalized spacial score (nSPS) is 10.5. The van der Waals surface area contributed by atoms with Crippen molar-refractivity contribution in [3.8, 4) is 0 Å². The van der Waals surface area contributed by atoms with Crippen LogP contribution in [0.1, 0.15) is 12.5 Å². The third-order valence-electron chi connectivity index (χ3n) is 2.03. The summed E-state index contributed by atoms with van der Waals surface area (Å²) in [6, 6.07) is 5.18. The Hall–Kier alpha value is -1.64. The largest absolute Gasteiger partial charge is 0.321 e. The van der Waals surface area contributed by atoms with E-state index in [-0.39, 0.29) is 5.56 Å². The topological polar surface area (TPSA) is 45.8 Å². The summed E-state index contributed by atoms with van der Waals surface area (Å²) >= 11 is 0. The van der Waals surface area contributed by atoms with Crippen LogP contribution in [0.2, 0.25) is 0 Å². The van der Waals surface area contributed by atoms with Crippen LogP contribution in [0.4, 0.5) is 0 Å². The van der Waals surface area contributed by atoms with Crippen LogP contribution in [-0.4, -0.2) is 9.97 Å². The highest BCUT2D eigenvalue weighted by atomic mass is 16.1. The first kappa shape index (κ1) is 7.98. The SMILES string of the molecule is CCc1cnc2ccc(=O)[nH]c2c1. The molecule has 0 fully saturated rings. The lowest BCUT2D eigenvalue weighted by Gasteiger charge is -1.98. The van der Waals surface area contributed by atoms with Crippen molar-refractivity contribution in [1.29, 1.82) is 0 Å². The van der Waals surface area contributed by atoms with E-state index in [9.17, 15) is 4.79 Å². The van der Waals surface area contributed by atoms with Crippen LogP contribution in [-0.2, 0) is 6.42 Å². The zero-order valence-corrected chi connectivity index (χ0v) is 7.37. The molecule has 0 saturated carbocycles. The van der Waals surface area contributed by atoms with Gasteiger partial charge >= 0.3 is 0 Å². The summed E-state index contributed by atoms with van der Waals surface area (Å²) in [6.07, 6.45) is 2.76. The second-order valence-electron chi connectivity index (χ2n) is 2.95. The molecule has 0 radical (unpaired) electrons. The average molecular weight is 174 g/mol. The molecule has 1 N–H and O–H groups in total. The molecule has 66 valence electrons. The van der Waals surface area contributed by atoms with E-state index in [2.05, 4.69) is 16.9 Å². The number of aryl methyl sites for hydroxylation is 1. The van der Waals surface area contributed by atoms with Gasteiger partial charge in [0.05, 0.1) is 11.0 Å². The quantitative estimate of drug-likeness (QED) is 0.711. The van der Waals surface area contributed by atoms with E-state index in [0.29, 0.717) is 0 Å². The Labute approximate surface area is 75.4 Å². The molecule has 13 heavy (non-hydrogen) atoms. The van der Waals surface area contributed by atoms with Gasteiger partial charge in [0.1, 0.15) is 0 Å². The number of aromatic nitrogens is 2. The third kappa shape index (κ3) is 1.45. The molecule has 2 rings (SSSR count). The molecule has 0 aliphatic carbocycles. The molecule has 0 aliphatic rings. The van der Waals surface area contributed by atoms with E-state index in [0.717, 1.165) is 23.0 Å². The lowest BCUT2D eigenvalue weighted by Crippen LogP contribution is -2.03. The number of aromatic amines is 1. The number of hydrogen-bond donors (Lipinski definition) is 1. The first-order chi connectivity index (χ1) is 6.29. The molecule has 0 spiro atoms. The zero-order chi connectivity index (χ0) is 9.26. The summed E-state index contributed by atoms with van der Waals surface area (Å²) in [4.78, 5) is 18.0. The molecule has 2 aromatic rings. The van der Waals surface area contributed by atoms with Crippen molar-refractivity contribution in [1.82, 2.24) is 9.97 Å². The van der Waals surface area contributed by atoms with Gasteiger partial charge in [0, 0.05) is 12.3 Å². The predicted molar refractivity (Wildman–Crippen MR) is 51.7 cm³/mol. The van der Waals surface area contributed by atoms with Crippen LogP contribution < -0.4 is 5.56 Å². The van der Waals surface area contributed by atoms with E-state index in [4.69, 9.17) is 0 Å². The third-order valence-corrected chi connectivity index (χ3v) is 2.03. The Kier molecular flexibility index (Phi) is 1.85. The lowest BCUT2D eigenvalue weighted by atomic mass is 10.2. The Balaban J connectivity index is 2.75. The van der Waals surface area contributed by atoms with Gasteiger partial charge in [-0.3, -0.25) is 9.78 Å². The van der Waals surface area contributed by atoms with E-state index in [1.54, 1.807) is 6.07 Å². The monoisotopic (exact) mass is 174 g/mol. The summed E-state index contributed by atoms with van der Waals surface area (Å²) in [5.74, 6) is 0. The molecule has 2 heterocycles. The molecule has 0 aliphatic heterocycles. The zero-order valence-electron chi connectivity index (χ0n) is 7.37. The highest BCUT2D eigenvalue weighted by Gasteiger charge is 1.96. The summed E-state index contributed by atoms with van der Waals surface area (Å²) in [7, 11) is 0. The second-order valence-corrected chi connectivity index (χ2v) is 2.95. The van der Waals surface area contributed by atoms with E-state index in [1.807, 2.05) is 12.3 Å². The van der Waals surface area contributed by atoms with Crippen molar-refractivity contribution >= 4 is 11.0 Å². The standard InChI is InChI=1S/C10H10N2O/c1-2-7-5-9-8(11-6-7)3-4-10(13)12-9/h3-6H,2H2,1H3,(H,12,13). The van der Waals surface area contributed by atoms with Gasteiger partial charge in [-0.15, -0.1) is 0 Å². The fraction of sp³-hybridized carbons (Fsp3) is 0.200. The number of nitrogens with zero attached hydrogens (tertiary/aromatic N) is 1. The summed E-state index contributed by atoms with van der Waals surface area (Å²) in [5, 5.41) is 0. The van der Waals surface area contributed by atoms with Crippen LogP contribution in [0.25, 0.3) is 11.0 Å². The van der Waals surface area contributed by atoms with Gasteiger partial charge in [-0.25, -0.2) is 0 Å². The van der Waals surface area contributed by atoms with Gasteiger partial charge in [-0.05, 0) is 24.1 Å². The van der Waals surface area contributed by atoms with Crippen molar-refractivity contribution < 1.29 is 0 Å². The number of hydrogen-bond acceptors (Lipinski definition) is 2. The van der Waals surface area contributed by atoms with Crippen LogP contribution in [0.5, 0.6) is 0 Å². The number of H-pyrrole nitrogens is 1. The van der Waals surface area contributed by atoms with Crippen LogP contribution >= 0.6 is 0 Å². The molecule has 2 aromatic heterocycles. The summed E-state index contributed by atoms with van der Waals surface area (Å²) in [6.45, 7) is 2.06. The Morgan fingerprint density at radius 2 is 2.31 bits per heavy atom. The second kappa shape index (κ2) is 3.01. The van der Waals surface area contributed by atoms with Gasteiger partial charge in [0.2, 0.25) is 5.56 Å². The lowest BCUT2D eigenvalue weighted by molar-refractivity contribution is 1.11. The molecule has 0 aromatic carbocycles. The van der Waals surface area contributed by atoms with E-state index in [1.165, 1.54) is 6.07 Å². The van der Waals surface area contributed by atoms with Crippen molar-refractivity contribution in [2.45, 2.75) is 13.3 Å². The molecule has 0 atom stereocenters. The van der Waals surface area contributed by atoms with Crippen molar-refractivity contribution in [3.05, 3.63) is 40.3 Å². The van der Waals surface area contributed by atoms with Gasteiger partial charge in [0.25, 0.3) is 0 Å². The highest BCUT2D eigenvalue weighted by Crippen LogP contribution is 2.08. The first-order valence-electron chi connectivity index (χ1n) is 4.27. The van der Waals surface area contributed by atoms with Crippen molar-refractivity contribution in [3.63, 3.8) is 0 Å².